The summed E-state index contributed by atoms with van der Waals surface area (Å²) in [4.78, 5) is 14.9. The van der Waals surface area contributed by atoms with E-state index in [1.165, 1.54) is 19.3 Å². The molecule has 24 heavy (non-hydrogen) atoms. The fraction of sp³-hybridized carbons (Fsp3) is 0.765. The van der Waals surface area contributed by atoms with Crippen LogP contribution in [0.4, 0.5) is 0 Å². The van der Waals surface area contributed by atoms with E-state index < -0.39 is 0 Å². The fourth-order valence-corrected chi connectivity index (χ4v) is 3.99. The van der Waals surface area contributed by atoms with Crippen molar-refractivity contribution in [1.82, 2.24) is 20.4 Å². The van der Waals surface area contributed by atoms with Crippen molar-refractivity contribution in [3.63, 3.8) is 0 Å². The van der Waals surface area contributed by atoms with Crippen LogP contribution in [0.3, 0.4) is 0 Å². The van der Waals surface area contributed by atoms with Gasteiger partial charge in [-0.15, -0.1) is 24.8 Å². The molecule has 0 bridgehead atoms. The first-order valence-corrected chi connectivity index (χ1v) is 8.74. The highest BCUT2D eigenvalue weighted by Crippen LogP contribution is 2.32. The number of piperidine rings is 2. The number of carbonyl (C=O) groups excluding carboxylic acids is 1. The van der Waals surface area contributed by atoms with Gasteiger partial charge < -0.3 is 10.2 Å². The van der Waals surface area contributed by atoms with Gasteiger partial charge in [-0.1, -0.05) is 6.92 Å². The summed E-state index contributed by atoms with van der Waals surface area (Å²) in [5.41, 5.74) is 1.16. The Balaban J connectivity index is 0.00000144. The second-order valence-electron chi connectivity index (χ2n) is 6.90. The summed E-state index contributed by atoms with van der Waals surface area (Å²) < 4.78 is 0. The Morgan fingerprint density at radius 3 is 2.71 bits per heavy atom. The van der Waals surface area contributed by atoms with Crippen LogP contribution in [0.2, 0.25) is 0 Å². The van der Waals surface area contributed by atoms with Gasteiger partial charge in [0, 0.05) is 24.7 Å². The summed E-state index contributed by atoms with van der Waals surface area (Å²) >= 11 is 0. The maximum Gasteiger partial charge on any atom is 0.223 e. The summed E-state index contributed by atoms with van der Waals surface area (Å²) in [6, 6.07) is 0.222. The van der Waals surface area contributed by atoms with Crippen molar-refractivity contribution in [2.75, 3.05) is 19.6 Å². The smallest absolute Gasteiger partial charge is 0.223 e. The van der Waals surface area contributed by atoms with Crippen LogP contribution in [0.25, 0.3) is 0 Å². The number of H-pyrrole nitrogens is 1. The van der Waals surface area contributed by atoms with Crippen molar-refractivity contribution in [2.24, 2.45) is 11.8 Å². The molecule has 3 rings (SSSR count). The van der Waals surface area contributed by atoms with Crippen LogP contribution in [-0.4, -0.2) is 40.6 Å². The molecule has 0 spiro atoms. The third-order valence-corrected chi connectivity index (χ3v) is 5.41. The quantitative estimate of drug-likeness (QED) is 0.846. The molecule has 3 heterocycles. The first-order chi connectivity index (χ1) is 10.8. The molecule has 0 aromatic carbocycles. The number of nitrogens with zero attached hydrogens (tertiary/aromatic N) is 2. The lowest BCUT2D eigenvalue weighted by molar-refractivity contribution is -0.136. The minimum Gasteiger partial charge on any atom is -0.336 e. The average molecular weight is 377 g/mol. The van der Waals surface area contributed by atoms with Crippen molar-refractivity contribution in [2.45, 2.75) is 51.5 Å². The maximum absolute atomic E-state index is 12.8. The molecule has 0 aliphatic carbocycles. The van der Waals surface area contributed by atoms with Crippen molar-refractivity contribution < 1.29 is 4.79 Å². The van der Waals surface area contributed by atoms with Crippen molar-refractivity contribution in [3.05, 3.63) is 18.0 Å². The van der Waals surface area contributed by atoms with E-state index in [9.17, 15) is 4.79 Å². The lowest BCUT2D eigenvalue weighted by atomic mass is 9.83. The third-order valence-electron chi connectivity index (χ3n) is 5.41. The molecule has 2 aliphatic heterocycles. The standard InChI is InChI=1S/C17H28N4O.2ClH/c1-13(14-5-7-18-8-6-14)10-17(22)21-9-3-2-4-16(21)15-11-19-20-12-15;;/h11-14,16,18H,2-10H2,1H3,(H,19,20);2*1H. The molecule has 2 N–H and O–H groups in total. The topological polar surface area (TPSA) is 61.0 Å². The van der Waals surface area contributed by atoms with Gasteiger partial charge in [-0.05, 0) is 57.0 Å². The Hall–Kier alpha value is -0.780. The average Bonchev–Trinajstić information content (AvgIpc) is 3.10. The SMILES string of the molecule is CC(CC(=O)N1CCCCC1c1cn[nH]c1)C1CCNCC1.Cl.Cl. The van der Waals surface area contributed by atoms with Crippen LogP contribution >= 0.6 is 24.8 Å². The molecule has 2 saturated heterocycles. The molecule has 0 radical (unpaired) electrons. The molecule has 2 fully saturated rings. The second-order valence-corrected chi connectivity index (χ2v) is 6.90. The highest BCUT2D eigenvalue weighted by atomic mass is 35.5. The minimum atomic E-state index is 0. The number of aromatic amines is 1. The Labute approximate surface area is 157 Å². The van der Waals surface area contributed by atoms with E-state index in [1.807, 2.05) is 12.4 Å². The molecule has 1 amide bonds. The number of hydrogen-bond donors (Lipinski definition) is 2. The molecule has 2 atom stereocenters. The Kier molecular flexibility index (Phi) is 9.09. The number of likely N-dealkylation sites (tertiary alicyclic amines) is 1. The van der Waals surface area contributed by atoms with Crippen LogP contribution in [0.15, 0.2) is 12.4 Å². The number of rotatable bonds is 4. The molecule has 7 heteroatoms. The van der Waals surface area contributed by atoms with Gasteiger partial charge in [0.2, 0.25) is 5.91 Å². The number of nitrogens with one attached hydrogen (secondary N) is 2. The summed E-state index contributed by atoms with van der Waals surface area (Å²) in [7, 11) is 0. The molecule has 1 aromatic heterocycles. The number of carbonyl (C=O) groups is 1. The molecule has 138 valence electrons. The predicted molar refractivity (Wildman–Crippen MR) is 101 cm³/mol. The van der Waals surface area contributed by atoms with Gasteiger partial charge in [0.05, 0.1) is 12.2 Å². The first-order valence-electron chi connectivity index (χ1n) is 8.74. The highest BCUT2D eigenvalue weighted by molar-refractivity contribution is 5.85. The van der Waals surface area contributed by atoms with Crippen LogP contribution in [-0.2, 0) is 4.79 Å². The molecule has 5 nitrogen and oxygen atoms in total. The zero-order valence-corrected chi connectivity index (χ0v) is 16.0. The number of amides is 1. The van der Waals surface area contributed by atoms with Crippen molar-refractivity contribution in [1.29, 1.82) is 0 Å². The molecule has 2 aliphatic rings. The van der Waals surface area contributed by atoms with Crippen LogP contribution in [0, 0.1) is 11.8 Å². The summed E-state index contributed by atoms with van der Waals surface area (Å²) in [5, 5.41) is 10.3. The van der Waals surface area contributed by atoms with E-state index >= 15 is 0 Å². The normalized spacial score (nSPS) is 23.0. The van der Waals surface area contributed by atoms with Gasteiger partial charge in [0.1, 0.15) is 0 Å². The zero-order chi connectivity index (χ0) is 15.4. The van der Waals surface area contributed by atoms with E-state index in [1.54, 1.807) is 0 Å². The van der Waals surface area contributed by atoms with Gasteiger partial charge >= 0.3 is 0 Å². The number of halogens is 2. The maximum atomic E-state index is 12.8. The first kappa shape index (κ1) is 21.3. The van der Waals surface area contributed by atoms with Gasteiger partial charge in [0.15, 0.2) is 0 Å². The third kappa shape index (κ3) is 5.11. The summed E-state index contributed by atoms with van der Waals surface area (Å²) in [6.07, 6.45) is 10.3. The number of aromatic nitrogens is 2. The van der Waals surface area contributed by atoms with E-state index in [2.05, 4.69) is 27.3 Å². The summed E-state index contributed by atoms with van der Waals surface area (Å²) in [6.45, 7) is 5.35. The van der Waals surface area contributed by atoms with Crippen molar-refractivity contribution in [3.8, 4) is 0 Å². The van der Waals surface area contributed by atoms with E-state index in [-0.39, 0.29) is 30.9 Å². The van der Waals surface area contributed by atoms with Gasteiger partial charge in [0.25, 0.3) is 0 Å². The monoisotopic (exact) mass is 376 g/mol. The summed E-state index contributed by atoms with van der Waals surface area (Å²) in [5.74, 6) is 1.51. The Morgan fingerprint density at radius 2 is 2.04 bits per heavy atom. The van der Waals surface area contributed by atoms with Gasteiger partial charge in [-0.3, -0.25) is 9.89 Å². The Morgan fingerprint density at radius 1 is 1.29 bits per heavy atom. The van der Waals surface area contributed by atoms with E-state index in [4.69, 9.17) is 0 Å². The lowest BCUT2D eigenvalue weighted by Crippen LogP contribution is -2.40. The molecule has 2 unspecified atom stereocenters. The zero-order valence-electron chi connectivity index (χ0n) is 14.4. The van der Waals surface area contributed by atoms with Crippen molar-refractivity contribution >= 4 is 30.7 Å². The molecule has 0 saturated carbocycles. The van der Waals surface area contributed by atoms with Crippen LogP contribution in [0.5, 0.6) is 0 Å². The van der Waals surface area contributed by atoms with E-state index in [0.717, 1.165) is 38.0 Å². The largest absolute Gasteiger partial charge is 0.336 e. The van der Waals surface area contributed by atoms with E-state index in [0.29, 0.717) is 24.2 Å². The van der Waals surface area contributed by atoms with Crippen LogP contribution < -0.4 is 5.32 Å². The minimum absolute atomic E-state index is 0. The van der Waals surface area contributed by atoms with Gasteiger partial charge in [-0.25, -0.2) is 0 Å². The van der Waals surface area contributed by atoms with Gasteiger partial charge in [-0.2, -0.15) is 5.10 Å². The highest BCUT2D eigenvalue weighted by Gasteiger charge is 2.30. The predicted octanol–water partition coefficient (Wildman–Crippen LogP) is 3.33. The molecule has 1 aromatic rings. The van der Waals surface area contributed by atoms with Crippen LogP contribution in [0.1, 0.15) is 57.1 Å². The molecular weight excluding hydrogens is 347 g/mol. The second kappa shape index (κ2) is 10.3. The Bertz CT molecular complexity index is 477. The fourth-order valence-electron chi connectivity index (χ4n) is 3.99. The lowest BCUT2D eigenvalue weighted by Gasteiger charge is -2.37. The number of hydrogen-bond acceptors (Lipinski definition) is 3. The molecular formula is C17H30Cl2N4O.